The second kappa shape index (κ2) is 4.52. The molecule has 0 heterocycles. The first kappa shape index (κ1) is 9.61. The van der Waals surface area contributed by atoms with Crippen molar-refractivity contribution in [2.75, 3.05) is 7.11 Å². The molecule has 1 aromatic carbocycles. The Balaban J connectivity index is 2.91. The molecule has 0 fully saturated rings. The van der Waals surface area contributed by atoms with E-state index in [-0.39, 0.29) is 5.71 Å². The highest BCUT2D eigenvalue weighted by Gasteiger charge is 2.14. The van der Waals surface area contributed by atoms with E-state index in [9.17, 15) is 4.79 Å². The quantitative estimate of drug-likeness (QED) is 0.561. The van der Waals surface area contributed by atoms with Gasteiger partial charge in [-0.25, -0.2) is 0 Å². The predicted octanol–water partition coefficient (Wildman–Crippen LogP) is 1.59. The second-order valence-corrected chi connectivity index (χ2v) is 2.60. The van der Waals surface area contributed by atoms with Crippen molar-refractivity contribution in [3.05, 3.63) is 35.9 Å². The van der Waals surface area contributed by atoms with Gasteiger partial charge in [0, 0.05) is 7.11 Å². The lowest BCUT2D eigenvalue weighted by atomic mass is 10.1. The zero-order valence-electron chi connectivity index (χ0n) is 7.36. The van der Waals surface area contributed by atoms with Crippen LogP contribution in [0.25, 0.3) is 0 Å². The highest BCUT2D eigenvalue weighted by molar-refractivity contribution is 6.28. The van der Waals surface area contributed by atoms with Crippen molar-refractivity contribution >= 4 is 12.0 Å². The van der Waals surface area contributed by atoms with Gasteiger partial charge in [0.15, 0.2) is 6.29 Å². The molecule has 1 N–H and O–H groups in total. The molecular formula is C10H11NO2. The van der Waals surface area contributed by atoms with E-state index < -0.39 is 6.10 Å². The minimum absolute atomic E-state index is 0.0614. The maximum absolute atomic E-state index is 10.4. The third kappa shape index (κ3) is 2.23. The van der Waals surface area contributed by atoms with Gasteiger partial charge in [0.2, 0.25) is 0 Å². The molecule has 1 aromatic rings. The Bertz CT molecular complexity index is 295. The van der Waals surface area contributed by atoms with E-state index in [1.807, 2.05) is 30.3 Å². The summed E-state index contributed by atoms with van der Waals surface area (Å²) in [7, 11) is 1.48. The van der Waals surface area contributed by atoms with E-state index in [4.69, 9.17) is 10.1 Å². The Morgan fingerprint density at radius 3 is 2.54 bits per heavy atom. The monoisotopic (exact) mass is 177 g/mol. The number of hydrogen-bond donors (Lipinski definition) is 1. The minimum Gasteiger partial charge on any atom is -0.370 e. The van der Waals surface area contributed by atoms with Crippen molar-refractivity contribution in [3.8, 4) is 0 Å². The third-order valence-electron chi connectivity index (χ3n) is 1.75. The molecule has 0 saturated carbocycles. The number of ether oxygens (including phenoxy) is 1. The molecule has 3 heteroatoms. The third-order valence-corrected chi connectivity index (χ3v) is 1.75. The van der Waals surface area contributed by atoms with E-state index in [0.29, 0.717) is 6.29 Å². The summed E-state index contributed by atoms with van der Waals surface area (Å²) in [5, 5.41) is 7.34. The van der Waals surface area contributed by atoms with Crippen LogP contribution in [0, 0.1) is 5.41 Å². The van der Waals surface area contributed by atoms with Crippen molar-refractivity contribution in [1.29, 1.82) is 5.41 Å². The van der Waals surface area contributed by atoms with Crippen molar-refractivity contribution in [1.82, 2.24) is 0 Å². The number of aldehydes is 1. The van der Waals surface area contributed by atoms with Crippen molar-refractivity contribution in [2.45, 2.75) is 6.10 Å². The summed E-state index contributed by atoms with van der Waals surface area (Å²) >= 11 is 0. The molecule has 13 heavy (non-hydrogen) atoms. The Morgan fingerprint density at radius 1 is 1.46 bits per heavy atom. The Kier molecular flexibility index (Phi) is 3.34. The lowest BCUT2D eigenvalue weighted by Gasteiger charge is -2.12. The van der Waals surface area contributed by atoms with Crippen LogP contribution in [0.2, 0.25) is 0 Å². The van der Waals surface area contributed by atoms with E-state index in [0.717, 1.165) is 5.56 Å². The van der Waals surface area contributed by atoms with Crippen LogP contribution in [0.3, 0.4) is 0 Å². The summed E-state index contributed by atoms with van der Waals surface area (Å²) < 4.78 is 5.03. The van der Waals surface area contributed by atoms with Crippen molar-refractivity contribution in [2.24, 2.45) is 0 Å². The highest BCUT2D eigenvalue weighted by Crippen LogP contribution is 2.16. The SMILES string of the molecule is COC(C(=N)C=O)c1ccccc1. The largest absolute Gasteiger partial charge is 0.370 e. The normalized spacial score (nSPS) is 12.1. The Morgan fingerprint density at radius 2 is 2.08 bits per heavy atom. The number of methoxy groups -OCH3 is 1. The van der Waals surface area contributed by atoms with Crippen LogP contribution in [0.15, 0.2) is 30.3 Å². The molecule has 0 aliphatic carbocycles. The van der Waals surface area contributed by atoms with Crippen LogP contribution in [0.1, 0.15) is 11.7 Å². The average Bonchev–Trinajstić information content (AvgIpc) is 2.20. The molecule has 0 aliphatic heterocycles. The summed E-state index contributed by atoms with van der Waals surface area (Å²) in [4.78, 5) is 10.4. The van der Waals surface area contributed by atoms with Crippen molar-refractivity contribution in [3.63, 3.8) is 0 Å². The summed E-state index contributed by atoms with van der Waals surface area (Å²) in [6, 6.07) is 9.22. The highest BCUT2D eigenvalue weighted by atomic mass is 16.5. The number of nitrogens with one attached hydrogen (secondary N) is 1. The van der Waals surface area contributed by atoms with E-state index in [2.05, 4.69) is 0 Å². The molecule has 0 bridgehead atoms. The fourth-order valence-corrected chi connectivity index (χ4v) is 1.13. The van der Waals surface area contributed by atoms with E-state index in [1.165, 1.54) is 7.11 Å². The molecule has 0 radical (unpaired) electrons. The molecule has 0 aliphatic rings. The molecule has 1 rings (SSSR count). The Hall–Kier alpha value is -1.48. The van der Waals surface area contributed by atoms with Crippen LogP contribution in [-0.2, 0) is 9.53 Å². The Labute approximate surface area is 76.9 Å². The molecular weight excluding hydrogens is 166 g/mol. The standard InChI is InChI=1S/C10H11NO2/c1-13-10(9(11)7-12)8-5-3-2-4-6-8/h2-7,10-11H,1H3. The number of carbonyl (C=O) groups is 1. The maximum Gasteiger partial charge on any atom is 0.166 e. The minimum atomic E-state index is -0.543. The van der Waals surface area contributed by atoms with Crippen LogP contribution in [0.5, 0.6) is 0 Å². The summed E-state index contributed by atoms with van der Waals surface area (Å²) in [5.41, 5.74) is 0.760. The molecule has 0 saturated heterocycles. The maximum atomic E-state index is 10.4. The van der Waals surface area contributed by atoms with Crippen LogP contribution in [-0.4, -0.2) is 19.1 Å². The smallest absolute Gasteiger partial charge is 0.166 e. The van der Waals surface area contributed by atoms with Gasteiger partial charge in [0.25, 0.3) is 0 Å². The molecule has 68 valence electrons. The molecule has 1 atom stereocenters. The molecule has 0 spiro atoms. The number of rotatable bonds is 4. The van der Waals surface area contributed by atoms with Gasteiger partial charge in [0.1, 0.15) is 11.8 Å². The van der Waals surface area contributed by atoms with E-state index in [1.54, 1.807) is 0 Å². The van der Waals surface area contributed by atoms with Gasteiger partial charge in [-0.2, -0.15) is 0 Å². The molecule has 3 nitrogen and oxygen atoms in total. The topological polar surface area (TPSA) is 50.1 Å². The van der Waals surface area contributed by atoms with Crippen LogP contribution < -0.4 is 0 Å². The molecule has 1 unspecified atom stereocenters. The summed E-state index contributed by atoms with van der Waals surface area (Å²) in [6.07, 6.45) is -0.0417. The number of benzene rings is 1. The fraction of sp³-hybridized carbons (Fsp3) is 0.200. The van der Waals surface area contributed by atoms with E-state index >= 15 is 0 Å². The predicted molar refractivity (Wildman–Crippen MR) is 50.0 cm³/mol. The fourth-order valence-electron chi connectivity index (χ4n) is 1.13. The molecule has 0 aromatic heterocycles. The van der Waals surface area contributed by atoms with Gasteiger partial charge in [-0.05, 0) is 5.56 Å². The van der Waals surface area contributed by atoms with Gasteiger partial charge in [-0.3, -0.25) is 10.2 Å². The first-order chi connectivity index (χ1) is 6.29. The van der Waals surface area contributed by atoms with Gasteiger partial charge in [-0.15, -0.1) is 0 Å². The van der Waals surface area contributed by atoms with Gasteiger partial charge >= 0.3 is 0 Å². The molecule has 0 amide bonds. The lowest BCUT2D eigenvalue weighted by Crippen LogP contribution is -2.14. The lowest BCUT2D eigenvalue weighted by molar-refractivity contribution is -0.103. The average molecular weight is 177 g/mol. The first-order valence-corrected chi connectivity index (χ1v) is 3.91. The number of carbonyl (C=O) groups excluding carboxylic acids is 1. The van der Waals surface area contributed by atoms with Gasteiger partial charge in [-0.1, -0.05) is 30.3 Å². The second-order valence-electron chi connectivity index (χ2n) is 2.60. The zero-order chi connectivity index (χ0) is 9.68. The van der Waals surface area contributed by atoms with Crippen LogP contribution >= 0.6 is 0 Å². The summed E-state index contributed by atoms with van der Waals surface area (Å²) in [6.45, 7) is 0. The van der Waals surface area contributed by atoms with Gasteiger partial charge in [0.05, 0.1) is 0 Å². The van der Waals surface area contributed by atoms with Crippen molar-refractivity contribution < 1.29 is 9.53 Å². The summed E-state index contributed by atoms with van der Waals surface area (Å²) in [5.74, 6) is 0. The first-order valence-electron chi connectivity index (χ1n) is 3.91. The van der Waals surface area contributed by atoms with Crippen LogP contribution in [0.4, 0.5) is 0 Å². The van der Waals surface area contributed by atoms with Gasteiger partial charge < -0.3 is 4.74 Å². The number of hydrogen-bond acceptors (Lipinski definition) is 3. The zero-order valence-corrected chi connectivity index (χ0v) is 7.36.